The standard InChI is InChI=1S/C17H29N3S/c1-13(2)20(10-16-5-4-8-21-16)17(11-18)9-14(3)19(12-17)15-6-7-15/h4-5,8,13-15H,6-7,9-12,18H2,1-3H3. The quantitative estimate of drug-likeness (QED) is 0.877. The lowest BCUT2D eigenvalue weighted by molar-refractivity contribution is 0.0587. The topological polar surface area (TPSA) is 32.5 Å². The van der Waals surface area contributed by atoms with Crippen LogP contribution in [0.2, 0.25) is 0 Å². The van der Waals surface area contributed by atoms with E-state index in [0.717, 1.165) is 25.7 Å². The van der Waals surface area contributed by atoms with E-state index in [0.29, 0.717) is 12.1 Å². The Morgan fingerprint density at radius 2 is 2.24 bits per heavy atom. The van der Waals surface area contributed by atoms with E-state index in [1.807, 2.05) is 11.3 Å². The minimum Gasteiger partial charge on any atom is -0.329 e. The van der Waals surface area contributed by atoms with Gasteiger partial charge in [0.15, 0.2) is 0 Å². The third-order valence-corrected chi connectivity index (χ3v) is 6.11. The SMILES string of the molecule is CC1CC(CN)(N(Cc2cccs2)C(C)C)CN1C1CC1. The summed E-state index contributed by atoms with van der Waals surface area (Å²) in [5.74, 6) is 0. The maximum atomic E-state index is 6.32. The maximum absolute atomic E-state index is 6.32. The van der Waals surface area contributed by atoms with Crippen LogP contribution < -0.4 is 5.73 Å². The van der Waals surface area contributed by atoms with Gasteiger partial charge in [0.1, 0.15) is 0 Å². The molecule has 1 saturated carbocycles. The van der Waals surface area contributed by atoms with Crippen LogP contribution in [0.15, 0.2) is 17.5 Å². The summed E-state index contributed by atoms with van der Waals surface area (Å²) in [6, 6.07) is 6.44. The van der Waals surface area contributed by atoms with Gasteiger partial charge in [0.2, 0.25) is 0 Å². The van der Waals surface area contributed by atoms with Crippen molar-refractivity contribution >= 4 is 11.3 Å². The van der Waals surface area contributed by atoms with Crippen molar-refractivity contribution < 1.29 is 0 Å². The van der Waals surface area contributed by atoms with Gasteiger partial charge in [0.25, 0.3) is 0 Å². The molecule has 0 aromatic carbocycles. The lowest BCUT2D eigenvalue weighted by Gasteiger charge is -2.43. The molecule has 2 heterocycles. The first-order chi connectivity index (χ1) is 10.1. The predicted octanol–water partition coefficient (Wildman–Crippen LogP) is 2.91. The highest BCUT2D eigenvalue weighted by Gasteiger charge is 2.49. The number of nitrogens with two attached hydrogens (primary N) is 1. The zero-order chi connectivity index (χ0) is 15.0. The molecule has 2 fully saturated rings. The molecule has 3 rings (SSSR count). The summed E-state index contributed by atoms with van der Waals surface area (Å²) < 4.78 is 0. The number of nitrogens with zero attached hydrogens (tertiary/aromatic N) is 2. The molecule has 2 atom stereocenters. The van der Waals surface area contributed by atoms with Crippen molar-refractivity contribution in [3.05, 3.63) is 22.4 Å². The van der Waals surface area contributed by atoms with E-state index in [2.05, 4.69) is 48.1 Å². The van der Waals surface area contributed by atoms with Gasteiger partial charge in [-0.05, 0) is 51.5 Å². The zero-order valence-corrected chi connectivity index (χ0v) is 14.4. The summed E-state index contributed by atoms with van der Waals surface area (Å²) in [6.45, 7) is 9.98. The molecule has 3 nitrogen and oxygen atoms in total. The second kappa shape index (κ2) is 5.99. The van der Waals surface area contributed by atoms with E-state index in [4.69, 9.17) is 5.73 Å². The molecule has 2 aliphatic rings. The average Bonchev–Trinajstić information content (AvgIpc) is 3.05. The van der Waals surface area contributed by atoms with E-state index in [1.165, 1.54) is 24.1 Å². The van der Waals surface area contributed by atoms with Gasteiger partial charge in [0.05, 0.1) is 0 Å². The van der Waals surface area contributed by atoms with Gasteiger partial charge in [-0.25, -0.2) is 0 Å². The van der Waals surface area contributed by atoms with Crippen molar-refractivity contribution in [2.24, 2.45) is 5.73 Å². The van der Waals surface area contributed by atoms with Crippen LogP contribution in [0.1, 0.15) is 44.9 Å². The highest BCUT2D eigenvalue weighted by atomic mass is 32.1. The number of hydrogen-bond donors (Lipinski definition) is 1. The lowest BCUT2D eigenvalue weighted by atomic mass is 9.92. The monoisotopic (exact) mass is 307 g/mol. The first-order valence-electron chi connectivity index (χ1n) is 8.31. The lowest BCUT2D eigenvalue weighted by Crippen LogP contribution is -2.57. The molecule has 2 N–H and O–H groups in total. The highest BCUT2D eigenvalue weighted by molar-refractivity contribution is 7.09. The van der Waals surface area contributed by atoms with Crippen molar-refractivity contribution in [3.63, 3.8) is 0 Å². The zero-order valence-electron chi connectivity index (χ0n) is 13.6. The van der Waals surface area contributed by atoms with Gasteiger partial charge < -0.3 is 5.73 Å². The molecular weight excluding hydrogens is 278 g/mol. The predicted molar refractivity (Wildman–Crippen MR) is 90.6 cm³/mol. The van der Waals surface area contributed by atoms with Crippen molar-refractivity contribution in [1.82, 2.24) is 9.80 Å². The molecule has 118 valence electrons. The highest BCUT2D eigenvalue weighted by Crippen LogP contribution is 2.40. The van der Waals surface area contributed by atoms with Crippen molar-refractivity contribution in [2.45, 2.75) is 70.2 Å². The first-order valence-corrected chi connectivity index (χ1v) is 9.18. The molecule has 1 saturated heterocycles. The molecule has 21 heavy (non-hydrogen) atoms. The van der Waals surface area contributed by atoms with Crippen LogP contribution in [0.25, 0.3) is 0 Å². The summed E-state index contributed by atoms with van der Waals surface area (Å²) >= 11 is 1.86. The fraction of sp³-hybridized carbons (Fsp3) is 0.765. The number of rotatable bonds is 6. The Kier molecular flexibility index (Phi) is 4.42. The molecule has 4 heteroatoms. The molecule has 1 aromatic heterocycles. The smallest absolute Gasteiger partial charge is 0.0479 e. The van der Waals surface area contributed by atoms with Crippen LogP contribution in [-0.4, -0.2) is 46.6 Å². The Bertz CT molecular complexity index is 455. The van der Waals surface area contributed by atoms with Crippen LogP contribution in [0.4, 0.5) is 0 Å². The molecule has 1 aliphatic carbocycles. The van der Waals surface area contributed by atoms with E-state index < -0.39 is 0 Å². The Labute approximate surface area is 133 Å². The van der Waals surface area contributed by atoms with Crippen LogP contribution in [0.3, 0.4) is 0 Å². The van der Waals surface area contributed by atoms with Crippen LogP contribution in [0, 0.1) is 0 Å². The molecule has 0 radical (unpaired) electrons. The molecule has 2 unspecified atom stereocenters. The summed E-state index contributed by atoms with van der Waals surface area (Å²) in [5.41, 5.74) is 6.47. The van der Waals surface area contributed by atoms with Gasteiger partial charge in [-0.1, -0.05) is 6.07 Å². The molecule has 0 amide bonds. The second-order valence-electron chi connectivity index (χ2n) is 7.19. The van der Waals surface area contributed by atoms with Crippen molar-refractivity contribution in [3.8, 4) is 0 Å². The second-order valence-corrected chi connectivity index (χ2v) is 8.22. The number of hydrogen-bond acceptors (Lipinski definition) is 4. The fourth-order valence-corrected chi connectivity index (χ4v) is 4.77. The third-order valence-electron chi connectivity index (χ3n) is 5.25. The van der Waals surface area contributed by atoms with E-state index in [-0.39, 0.29) is 5.54 Å². The maximum Gasteiger partial charge on any atom is 0.0479 e. The fourth-order valence-electron chi connectivity index (χ4n) is 4.06. The van der Waals surface area contributed by atoms with Gasteiger partial charge >= 0.3 is 0 Å². The normalized spacial score (nSPS) is 30.7. The largest absolute Gasteiger partial charge is 0.329 e. The van der Waals surface area contributed by atoms with E-state index in [1.54, 1.807) is 0 Å². The molecule has 0 spiro atoms. The third kappa shape index (κ3) is 3.04. The minimum atomic E-state index is 0.153. The molecule has 1 aromatic rings. The number of thiophene rings is 1. The van der Waals surface area contributed by atoms with Crippen molar-refractivity contribution in [1.29, 1.82) is 0 Å². The van der Waals surface area contributed by atoms with Crippen LogP contribution in [-0.2, 0) is 6.54 Å². The van der Waals surface area contributed by atoms with E-state index in [9.17, 15) is 0 Å². The molecular formula is C17H29N3S. The summed E-state index contributed by atoms with van der Waals surface area (Å²) in [5, 5.41) is 2.18. The first kappa shape index (κ1) is 15.5. The Morgan fingerprint density at radius 3 is 2.76 bits per heavy atom. The molecule has 1 aliphatic heterocycles. The Hall–Kier alpha value is -0.420. The minimum absolute atomic E-state index is 0.153. The van der Waals surface area contributed by atoms with Gasteiger partial charge in [0, 0.05) is 48.2 Å². The summed E-state index contributed by atoms with van der Waals surface area (Å²) in [4.78, 5) is 6.84. The van der Waals surface area contributed by atoms with Gasteiger partial charge in [-0.3, -0.25) is 9.80 Å². The Balaban J connectivity index is 1.81. The van der Waals surface area contributed by atoms with Gasteiger partial charge in [-0.2, -0.15) is 0 Å². The summed E-state index contributed by atoms with van der Waals surface area (Å²) in [6.07, 6.45) is 3.98. The van der Waals surface area contributed by atoms with Gasteiger partial charge in [-0.15, -0.1) is 11.3 Å². The van der Waals surface area contributed by atoms with Crippen LogP contribution >= 0.6 is 11.3 Å². The summed E-state index contributed by atoms with van der Waals surface area (Å²) in [7, 11) is 0. The molecule has 0 bridgehead atoms. The average molecular weight is 308 g/mol. The van der Waals surface area contributed by atoms with Crippen molar-refractivity contribution in [2.75, 3.05) is 13.1 Å². The van der Waals surface area contributed by atoms with E-state index >= 15 is 0 Å². The number of likely N-dealkylation sites (tertiary alicyclic amines) is 1. The van der Waals surface area contributed by atoms with Crippen LogP contribution in [0.5, 0.6) is 0 Å². The Morgan fingerprint density at radius 1 is 1.48 bits per heavy atom.